The molecule has 2 N–H and O–H groups in total. The van der Waals surface area contributed by atoms with E-state index >= 15 is 0 Å². The number of para-hydroxylation sites is 5. The van der Waals surface area contributed by atoms with Gasteiger partial charge in [0.05, 0.1) is 16.5 Å². The fraction of sp³-hybridized carbons (Fsp3) is 0.221. The van der Waals surface area contributed by atoms with Crippen LogP contribution in [0.25, 0.3) is 60.9 Å². The second-order valence-electron chi connectivity index (χ2n) is 26.4. The summed E-state index contributed by atoms with van der Waals surface area (Å²) >= 11 is 0. The minimum atomic E-state index is -2.76. The number of nitrogens with one attached hydrogen (secondary N) is 2. The Kier molecular flexibility index (Phi) is 14.5. The molecule has 0 fully saturated rings. The van der Waals surface area contributed by atoms with E-state index in [1.807, 2.05) is 67.3 Å². The van der Waals surface area contributed by atoms with Crippen LogP contribution in [0.1, 0.15) is 126 Å². The van der Waals surface area contributed by atoms with E-state index in [-0.39, 0.29) is 82.9 Å². The quantitative estimate of drug-likeness (QED) is 0.117. The summed E-state index contributed by atoms with van der Waals surface area (Å²) in [4.78, 5) is 9.37. The summed E-state index contributed by atoms with van der Waals surface area (Å²) in [7, 11) is 4.32. The van der Waals surface area contributed by atoms with Crippen molar-refractivity contribution in [1.82, 2.24) is 24.8 Å². The summed E-state index contributed by atoms with van der Waals surface area (Å²) in [6.07, 6.45) is 24.0. The van der Waals surface area contributed by atoms with Gasteiger partial charge in [-0.1, -0.05) is 178 Å². The molecule has 5 heterocycles. The van der Waals surface area contributed by atoms with Gasteiger partial charge in [-0.05, 0) is 133 Å². The zero-order valence-corrected chi connectivity index (χ0v) is 54.3. The molecule has 0 aliphatic carbocycles. The number of anilines is 4. The summed E-state index contributed by atoms with van der Waals surface area (Å²) in [6.45, 7) is 26.5. The monoisotopic (exact) mass is 1340 g/mol. The third-order valence-corrected chi connectivity index (χ3v) is 16.0. The van der Waals surface area contributed by atoms with Gasteiger partial charge in [0.25, 0.3) is 0 Å². The number of benzene rings is 7. The van der Waals surface area contributed by atoms with Crippen LogP contribution in [0.5, 0.6) is 11.5 Å². The maximum atomic E-state index is 9.39. The molecular weight excluding hydrogens is 1260 g/mol. The third-order valence-electron chi connectivity index (χ3n) is 16.0. The van der Waals surface area contributed by atoms with Crippen molar-refractivity contribution >= 4 is 81.1 Å². The molecule has 0 bridgehead atoms. The van der Waals surface area contributed by atoms with E-state index in [2.05, 4.69) is 216 Å². The molecule has 2 radical (unpaired) electrons. The van der Waals surface area contributed by atoms with E-state index in [1.165, 1.54) is 10.1 Å². The Hall–Kier alpha value is -8.45. The van der Waals surface area contributed by atoms with Crippen LogP contribution >= 0.6 is 0 Å². The van der Waals surface area contributed by atoms with E-state index in [0.717, 1.165) is 71.5 Å². The van der Waals surface area contributed by atoms with Crippen molar-refractivity contribution in [1.29, 1.82) is 0 Å². The molecule has 88 heavy (non-hydrogen) atoms. The summed E-state index contributed by atoms with van der Waals surface area (Å²) < 4.78 is 72.8. The Balaban J connectivity index is 0.00000919. The van der Waals surface area contributed by atoms with Gasteiger partial charge >= 0.3 is 0 Å². The Morgan fingerprint density at radius 1 is 0.580 bits per heavy atom. The van der Waals surface area contributed by atoms with Crippen LogP contribution in [0.4, 0.5) is 22.7 Å². The van der Waals surface area contributed by atoms with Crippen LogP contribution in [0.15, 0.2) is 207 Å². The van der Waals surface area contributed by atoms with Gasteiger partial charge in [0.1, 0.15) is 0 Å². The fourth-order valence-corrected chi connectivity index (χ4v) is 11.5. The minimum absolute atomic E-state index is 0. The number of allylic oxidation sites excluding steroid dienone is 8. The molecule has 9 aromatic rings. The number of aryl methyl sites for hydroxylation is 1. The normalized spacial score (nSPS) is 19.3. The number of nitrogens with zero attached hydrogens (tertiary/aromatic N) is 5. The first-order valence-electron chi connectivity index (χ1n) is 33.2. The van der Waals surface area contributed by atoms with Gasteiger partial charge < -0.3 is 34.3 Å². The molecule has 0 saturated carbocycles. The van der Waals surface area contributed by atoms with Gasteiger partial charge in [0, 0.05) is 91.0 Å². The van der Waals surface area contributed by atoms with Gasteiger partial charge in [0.15, 0.2) is 14.6 Å². The molecule has 12 rings (SSSR count). The van der Waals surface area contributed by atoms with E-state index in [4.69, 9.17) is 16.6 Å². The van der Waals surface area contributed by atoms with Crippen molar-refractivity contribution < 1.29 is 35.4 Å². The number of aromatic nitrogens is 3. The predicted molar refractivity (Wildman–Crippen MR) is 370 cm³/mol. The molecule has 8 nitrogen and oxygen atoms in total. The zero-order chi connectivity index (χ0) is 67.0. The van der Waals surface area contributed by atoms with Crippen molar-refractivity contribution in [3.05, 3.63) is 259 Å². The van der Waals surface area contributed by atoms with Crippen molar-refractivity contribution in [3.63, 3.8) is 0 Å². The molecule has 2 aromatic heterocycles. The van der Waals surface area contributed by atoms with Gasteiger partial charge in [-0.3, -0.25) is 0 Å². The Morgan fingerprint density at radius 3 is 1.77 bits per heavy atom. The number of hydrogen-bond donors (Lipinski definition) is 2. The van der Waals surface area contributed by atoms with Gasteiger partial charge in [-0.2, -0.15) is 6.07 Å². The first kappa shape index (κ1) is 52.7. The standard InChI is InChI=1S/C77H76B2N7O.Pt/c1-74(2,3)52-44-59(63-27-24-40-80-38-22-20-36-78-63)72(60(45-52)64-28-25-41-81-39-23-21-37-79-64)85-50-84(68-32-18-19-33-69(68)85)54-42-51(71-61(76(7,8)9)46-53(75(4,5)6)47-62(71)77(10,11)12)43-56(48-54)87-55-34-35-58-57-26-14-16-30-66(57)86(70(58)49-55)73-82-65-29-15-17-31-67(65)83(73)13;/h14-47,50,80-81H,1-13H3;/q-3;/b36-20-,37-21-,38-22-,39-23-,40-24-,41-25-,63-27-,64-28-;/i13D3,14D,16D,26D,30D;. The Labute approximate surface area is 547 Å². The number of fused-ring (bicyclic) bond motifs is 5. The predicted octanol–water partition coefficient (Wildman–Crippen LogP) is 18.7. The molecule has 0 amide bonds. The number of ether oxygens (including phenoxy) is 1. The van der Waals surface area contributed by atoms with Crippen LogP contribution < -0.4 is 25.2 Å². The number of rotatable bonds is 8. The van der Waals surface area contributed by atoms with Crippen molar-refractivity contribution in [3.8, 4) is 28.6 Å². The summed E-state index contributed by atoms with van der Waals surface area (Å²) in [5.74, 6) is 4.62. The van der Waals surface area contributed by atoms with Crippen molar-refractivity contribution in [2.75, 3.05) is 9.80 Å². The van der Waals surface area contributed by atoms with Crippen molar-refractivity contribution in [2.45, 2.75) is 105 Å². The van der Waals surface area contributed by atoms with E-state index in [1.54, 1.807) is 36.4 Å². The van der Waals surface area contributed by atoms with Crippen LogP contribution in [0, 0.1) is 18.8 Å². The molecule has 0 atom stereocenters. The van der Waals surface area contributed by atoms with E-state index in [0.29, 0.717) is 27.9 Å². The fourth-order valence-electron chi connectivity index (χ4n) is 11.5. The summed E-state index contributed by atoms with van der Waals surface area (Å²) in [6, 6.07) is 38.1. The number of hydrogen-bond acceptors (Lipinski definition) is 6. The third kappa shape index (κ3) is 12.1. The molecule has 444 valence electrons. The van der Waals surface area contributed by atoms with Gasteiger partial charge in [-0.15, -0.1) is 65.6 Å². The molecule has 0 saturated heterocycles. The van der Waals surface area contributed by atoms with Gasteiger partial charge in [-0.25, -0.2) is 4.98 Å². The van der Waals surface area contributed by atoms with Crippen LogP contribution in [0.2, 0.25) is 0 Å². The molecule has 3 aliphatic rings. The van der Waals surface area contributed by atoms with Crippen LogP contribution in [-0.2, 0) is 49.7 Å². The second-order valence-corrected chi connectivity index (χ2v) is 26.4. The van der Waals surface area contributed by atoms with Crippen molar-refractivity contribution in [2.24, 2.45) is 6.98 Å². The van der Waals surface area contributed by atoms with E-state index in [9.17, 15) is 2.74 Å². The molecule has 3 aliphatic heterocycles. The minimum Gasteiger partial charge on any atom is -0.509 e. The molecule has 11 heteroatoms. The largest absolute Gasteiger partial charge is 0.509 e. The number of imidazole rings is 1. The molecule has 7 aromatic carbocycles. The molecule has 0 spiro atoms. The topological polar surface area (TPSA) is 62.5 Å². The van der Waals surface area contributed by atoms with Crippen LogP contribution in [0.3, 0.4) is 0 Å². The molecular formula is C77H76B2N7OPt-3. The molecule has 0 unspecified atom stereocenters. The van der Waals surface area contributed by atoms with E-state index < -0.39 is 19.1 Å². The average Bonchev–Trinajstić information content (AvgIpc) is 1.55. The maximum Gasteiger partial charge on any atom is 0.213 e. The SMILES string of the molecule is [2H]c1c([2H])c([2H])c2c(c1[2H])c1ccc(Oc3[c-]c(N4[CH-]N(c5c(/C6=C/C=C\N/C=C\C=C/[B]6)cc(C(C)(C)C)cc5/C5=C/C=C\N/C=C\C=C/[B]5)c5ccccc54)cc(-c4c(C(C)(C)C)cc(C(C)(C)C)cc4C(C)(C)C)c3)[c-]c1n2-c1nc2ccccc2n1C([2H])([2H])[2H].[Pt]. The second kappa shape index (κ2) is 24.3. The smallest absolute Gasteiger partial charge is 0.213 e. The Bertz CT molecular complexity index is 4680. The Morgan fingerprint density at radius 2 is 1.16 bits per heavy atom. The summed E-state index contributed by atoms with van der Waals surface area (Å²) in [5.41, 5.74) is 13.9. The first-order valence-corrected chi connectivity index (χ1v) is 29.7. The zero-order valence-electron chi connectivity index (χ0n) is 59.0. The maximum absolute atomic E-state index is 9.39. The van der Waals surface area contributed by atoms with Crippen LogP contribution in [-0.4, -0.2) is 28.7 Å². The summed E-state index contributed by atoms with van der Waals surface area (Å²) in [5, 5.41) is 7.12. The first-order chi connectivity index (χ1) is 44.5. The average molecular weight is 1340 g/mol. The van der Waals surface area contributed by atoms with Gasteiger partial charge in [0.2, 0.25) is 5.95 Å².